The number of aryl methyl sites for hydroxylation is 1. The van der Waals surface area contributed by atoms with Gasteiger partial charge in [-0.1, -0.05) is 17.7 Å². The fraction of sp³-hybridized carbons (Fsp3) is 0.354. The fourth-order valence-corrected chi connectivity index (χ4v) is 10.5. The molecule has 14 nitrogen and oxygen atoms in total. The first-order valence-electron chi connectivity index (χ1n) is 21.7. The number of nitrogens with one attached hydrogen (secondary N) is 1. The third-order valence-electron chi connectivity index (χ3n) is 13.9. The zero-order valence-electron chi connectivity index (χ0n) is 35.7. The van der Waals surface area contributed by atoms with E-state index >= 15 is 4.39 Å². The van der Waals surface area contributed by atoms with E-state index in [0.717, 1.165) is 80.3 Å². The highest BCUT2D eigenvalue weighted by atomic mass is 35.5. The molecule has 64 heavy (non-hydrogen) atoms. The van der Waals surface area contributed by atoms with Gasteiger partial charge in [0, 0.05) is 75.9 Å². The predicted octanol–water partition coefficient (Wildman–Crippen LogP) is 6.30. The third kappa shape index (κ3) is 6.69. The molecule has 0 spiro atoms. The van der Waals surface area contributed by atoms with Crippen LogP contribution in [0.15, 0.2) is 66.7 Å². The molecule has 1 N–H and O–H groups in total. The van der Waals surface area contributed by atoms with E-state index in [1.165, 1.54) is 0 Å². The van der Waals surface area contributed by atoms with Gasteiger partial charge in [-0.25, -0.2) is 4.98 Å². The Morgan fingerprint density at radius 1 is 0.859 bits per heavy atom. The van der Waals surface area contributed by atoms with Crippen LogP contribution in [0.5, 0.6) is 0 Å². The van der Waals surface area contributed by atoms with Crippen LogP contribution in [0.4, 0.5) is 27.3 Å². The van der Waals surface area contributed by atoms with Crippen LogP contribution in [0.25, 0.3) is 22.0 Å². The number of hydrogen-bond acceptors (Lipinski definition) is 10. The van der Waals surface area contributed by atoms with E-state index in [-0.39, 0.29) is 29.5 Å². The fourth-order valence-electron chi connectivity index (χ4n) is 10.2. The van der Waals surface area contributed by atoms with Gasteiger partial charge in [-0.15, -0.1) is 0 Å². The monoisotopic (exact) mass is 881 g/mol. The van der Waals surface area contributed by atoms with Gasteiger partial charge in [0.25, 0.3) is 11.8 Å². The number of amides is 5. The minimum absolute atomic E-state index is 0.0717. The standard InChI is InChI=1S/C48H45ClFN9O5/c1-48(2)34-22-28(5-10-36(34)58(47(48)64)31-6-4-29(25-51)35(49)23-31)32-9-12-39(52-43(32)50)57-16-14-27(15-17-57)26-55-18-20-56(21-19-55)30-7-8-33-38(24-30)54(3)42-41(33)45(62)59(46(42)63)37-11-13-40(60)53-44(37)61/h4-10,12,22-24,27,37H,11,13-21,26H2,1-3H3,(H,53,60,61). The Morgan fingerprint density at radius 2 is 1.61 bits per heavy atom. The Balaban J connectivity index is 0.747. The number of hydrogen-bond donors (Lipinski definition) is 1. The number of aromatic nitrogens is 2. The lowest BCUT2D eigenvalue weighted by atomic mass is 9.85. The van der Waals surface area contributed by atoms with Crippen molar-refractivity contribution < 1.29 is 28.4 Å². The molecule has 3 fully saturated rings. The first-order valence-corrected chi connectivity index (χ1v) is 22.0. The minimum atomic E-state index is -1.01. The van der Waals surface area contributed by atoms with Crippen LogP contribution in [-0.2, 0) is 26.8 Å². The summed E-state index contributed by atoms with van der Waals surface area (Å²) in [6.45, 7) is 9.67. The normalized spacial score (nSPS) is 20.3. The van der Waals surface area contributed by atoms with Crippen molar-refractivity contribution in [3.8, 4) is 17.2 Å². The van der Waals surface area contributed by atoms with E-state index in [4.69, 9.17) is 11.6 Å². The number of nitriles is 1. The molecular formula is C48H45ClFN9O5. The molecule has 0 bridgehead atoms. The zero-order chi connectivity index (χ0) is 44.8. The molecule has 1 atom stereocenters. The van der Waals surface area contributed by atoms with Crippen molar-refractivity contribution in [1.29, 1.82) is 5.26 Å². The average Bonchev–Trinajstić information content (AvgIpc) is 3.80. The molecule has 5 aromatic rings. The van der Waals surface area contributed by atoms with Crippen LogP contribution in [-0.4, -0.2) is 101 Å². The summed E-state index contributed by atoms with van der Waals surface area (Å²) in [5, 5.41) is 12.5. The first kappa shape index (κ1) is 41.4. The van der Waals surface area contributed by atoms with Gasteiger partial charge in [-0.2, -0.15) is 9.65 Å². The van der Waals surface area contributed by atoms with Crippen LogP contribution in [0, 0.1) is 23.2 Å². The second kappa shape index (κ2) is 15.6. The number of carbonyl (C=O) groups is 5. The lowest BCUT2D eigenvalue weighted by molar-refractivity contribution is -0.136. The molecule has 326 valence electrons. The number of piperazine rings is 1. The lowest BCUT2D eigenvalue weighted by Crippen LogP contribution is -2.54. The highest BCUT2D eigenvalue weighted by molar-refractivity contribution is 6.32. The van der Waals surface area contributed by atoms with Gasteiger partial charge in [0.05, 0.1) is 38.5 Å². The van der Waals surface area contributed by atoms with Crippen LogP contribution >= 0.6 is 11.6 Å². The molecule has 10 rings (SSSR count). The van der Waals surface area contributed by atoms with Gasteiger partial charge in [0.15, 0.2) is 0 Å². The SMILES string of the molecule is Cn1c2c(c3ccc(N4CCN(CC5CCN(c6ccc(-c7ccc8c(c7)C(C)(C)C(=O)N8c7ccc(C#N)c(Cl)c7)c(F)n6)CC5)CC4)cc31)C(=O)N(C1CCC(=O)NC1=O)C2=O. The number of piperidine rings is 2. The molecule has 5 amide bonds. The van der Waals surface area contributed by atoms with Crippen LogP contribution in [0.3, 0.4) is 0 Å². The van der Waals surface area contributed by atoms with E-state index in [2.05, 4.69) is 25.0 Å². The molecule has 2 aromatic heterocycles. The number of fused-ring (bicyclic) bond motifs is 4. The lowest BCUT2D eigenvalue weighted by Gasteiger charge is -2.40. The second-order valence-corrected chi connectivity index (χ2v) is 18.3. The number of imide groups is 2. The molecule has 0 aliphatic carbocycles. The molecule has 7 heterocycles. The Bertz CT molecular complexity index is 2890. The van der Waals surface area contributed by atoms with Crippen LogP contribution in [0.2, 0.25) is 5.02 Å². The summed E-state index contributed by atoms with van der Waals surface area (Å²) < 4.78 is 17.6. The first-order chi connectivity index (χ1) is 30.7. The van der Waals surface area contributed by atoms with Crippen molar-refractivity contribution in [2.45, 2.75) is 51.0 Å². The van der Waals surface area contributed by atoms with Crippen molar-refractivity contribution in [2.24, 2.45) is 13.0 Å². The third-order valence-corrected chi connectivity index (χ3v) is 14.2. The average molecular weight is 882 g/mol. The van der Waals surface area contributed by atoms with Crippen molar-refractivity contribution >= 4 is 74.9 Å². The number of benzene rings is 3. The number of anilines is 4. The Kier molecular flexibility index (Phi) is 10.1. The molecule has 5 aliphatic rings. The quantitative estimate of drug-likeness (QED) is 0.146. The molecule has 16 heteroatoms. The topological polar surface area (TPSA) is 155 Å². The summed E-state index contributed by atoms with van der Waals surface area (Å²) in [7, 11) is 1.77. The summed E-state index contributed by atoms with van der Waals surface area (Å²) in [5.41, 5.74) is 4.79. The molecule has 0 radical (unpaired) electrons. The van der Waals surface area contributed by atoms with Gasteiger partial charge in [-0.3, -0.25) is 44.0 Å². The van der Waals surface area contributed by atoms with E-state index < -0.39 is 41.0 Å². The van der Waals surface area contributed by atoms with Gasteiger partial charge in [-0.05, 0) is 111 Å². The largest absolute Gasteiger partial charge is 0.369 e. The van der Waals surface area contributed by atoms with Gasteiger partial charge in [0.2, 0.25) is 23.7 Å². The maximum absolute atomic E-state index is 15.9. The Hall–Kier alpha value is -6.63. The van der Waals surface area contributed by atoms with E-state index in [1.807, 2.05) is 56.3 Å². The minimum Gasteiger partial charge on any atom is -0.369 e. The number of rotatable bonds is 7. The van der Waals surface area contributed by atoms with Gasteiger partial charge >= 0.3 is 0 Å². The maximum Gasteiger partial charge on any atom is 0.278 e. The second-order valence-electron chi connectivity index (χ2n) is 17.9. The summed E-state index contributed by atoms with van der Waals surface area (Å²) >= 11 is 6.32. The van der Waals surface area contributed by atoms with Crippen LogP contribution < -0.4 is 20.0 Å². The van der Waals surface area contributed by atoms with Crippen molar-refractivity contribution in [3.63, 3.8) is 0 Å². The number of carbonyl (C=O) groups excluding carboxylic acids is 5. The van der Waals surface area contributed by atoms with Crippen LogP contribution in [0.1, 0.15) is 71.5 Å². The molecular weight excluding hydrogens is 837 g/mol. The molecule has 3 aromatic carbocycles. The highest BCUT2D eigenvalue weighted by Crippen LogP contribution is 2.47. The van der Waals surface area contributed by atoms with E-state index in [0.29, 0.717) is 50.8 Å². The zero-order valence-corrected chi connectivity index (χ0v) is 36.4. The smallest absolute Gasteiger partial charge is 0.278 e. The molecule has 0 saturated carbocycles. The maximum atomic E-state index is 15.9. The van der Waals surface area contributed by atoms with Crippen molar-refractivity contribution in [3.05, 3.63) is 100 Å². The Morgan fingerprint density at radius 3 is 2.31 bits per heavy atom. The van der Waals surface area contributed by atoms with E-state index in [1.54, 1.807) is 46.8 Å². The number of nitrogens with zero attached hydrogens (tertiary/aromatic N) is 8. The van der Waals surface area contributed by atoms with E-state index in [9.17, 15) is 29.2 Å². The summed E-state index contributed by atoms with van der Waals surface area (Å²) in [6.07, 6.45) is 2.12. The number of pyridine rings is 1. The van der Waals surface area contributed by atoms with Gasteiger partial charge in [0.1, 0.15) is 23.6 Å². The number of halogens is 2. The van der Waals surface area contributed by atoms with Gasteiger partial charge < -0.3 is 14.4 Å². The summed E-state index contributed by atoms with van der Waals surface area (Å²) in [6, 6.07) is 21.0. The highest BCUT2D eigenvalue weighted by Gasteiger charge is 2.48. The molecule has 3 saturated heterocycles. The summed E-state index contributed by atoms with van der Waals surface area (Å²) in [5.74, 6) is -1.66. The molecule has 1 unspecified atom stereocenters. The Labute approximate surface area is 373 Å². The van der Waals surface area contributed by atoms with Crippen molar-refractivity contribution in [1.82, 2.24) is 24.7 Å². The predicted molar refractivity (Wildman–Crippen MR) is 239 cm³/mol. The summed E-state index contributed by atoms with van der Waals surface area (Å²) in [4.78, 5) is 79.1. The van der Waals surface area contributed by atoms with Crippen molar-refractivity contribution in [2.75, 3.05) is 60.5 Å². The molecule has 5 aliphatic heterocycles.